The van der Waals surface area contributed by atoms with Crippen LogP contribution in [0.2, 0.25) is 0 Å². The lowest BCUT2D eigenvalue weighted by Gasteiger charge is -2.49. The second kappa shape index (κ2) is 11.3. The number of rotatable bonds is 7. The molecule has 6 nitrogen and oxygen atoms in total. The molecular weight excluding hydrogens is 384 g/mol. The van der Waals surface area contributed by atoms with Gasteiger partial charge in [0.05, 0.1) is 6.54 Å². The fourth-order valence-corrected chi connectivity index (χ4v) is 6.39. The summed E-state index contributed by atoms with van der Waals surface area (Å²) in [5.74, 6) is 2.00. The molecular formula is C25H48N6. The van der Waals surface area contributed by atoms with Crippen molar-refractivity contribution >= 4 is 5.96 Å². The average molecular weight is 433 g/mol. The van der Waals surface area contributed by atoms with Crippen molar-refractivity contribution in [2.45, 2.75) is 82.7 Å². The lowest BCUT2D eigenvalue weighted by molar-refractivity contribution is 0.0208. The molecule has 0 bridgehead atoms. The van der Waals surface area contributed by atoms with E-state index >= 15 is 0 Å². The summed E-state index contributed by atoms with van der Waals surface area (Å²) in [4.78, 5) is 13.2. The Bertz CT molecular complexity index is 558. The molecule has 6 heteroatoms. The zero-order valence-electron chi connectivity index (χ0n) is 20.4. The van der Waals surface area contributed by atoms with Crippen LogP contribution in [0.4, 0.5) is 0 Å². The number of aliphatic imine (C=N–C) groups is 1. The fourth-order valence-electron chi connectivity index (χ4n) is 6.39. The van der Waals surface area contributed by atoms with E-state index in [1.807, 2.05) is 0 Å². The highest BCUT2D eigenvalue weighted by Gasteiger charge is 2.39. The molecule has 4 aliphatic rings. The Morgan fingerprint density at radius 2 is 1.68 bits per heavy atom. The minimum Gasteiger partial charge on any atom is -0.357 e. The molecule has 1 unspecified atom stereocenters. The molecule has 0 radical (unpaired) electrons. The van der Waals surface area contributed by atoms with Crippen molar-refractivity contribution in [1.29, 1.82) is 0 Å². The number of hydrogen-bond donors (Lipinski definition) is 2. The molecule has 0 amide bonds. The summed E-state index contributed by atoms with van der Waals surface area (Å²) in [6.45, 7) is 12.7. The van der Waals surface area contributed by atoms with E-state index in [4.69, 9.17) is 4.99 Å². The van der Waals surface area contributed by atoms with Gasteiger partial charge < -0.3 is 20.4 Å². The second-order valence-corrected chi connectivity index (χ2v) is 10.8. The van der Waals surface area contributed by atoms with Crippen LogP contribution in [0.5, 0.6) is 0 Å². The molecule has 178 valence electrons. The smallest absolute Gasteiger partial charge is 0.191 e. The van der Waals surface area contributed by atoms with Crippen LogP contribution in [0.1, 0.15) is 71.1 Å². The van der Waals surface area contributed by atoms with E-state index in [2.05, 4.69) is 39.3 Å². The molecule has 0 spiro atoms. The van der Waals surface area contributed by atoms with Gasteiger partial charge in [-0.2, -0.15) is 0 Å². The number of piperidine rings is 2. The van der Waals surface area contributed by atoms with Gasteiger partial charge in [0.25, 0.3) is 0 Å². The zero-order valence-corrected chi connectivity index (χ0v) is 20.4. The molecule has 4 fully saturated rings. The van der Waals surface area contributed by atoms with E-state index in [9.17, 15) is 0 Å². The van der Waals surface area contributed by atoms with Crippen molar-refractivity contribution in [2.75, 3.05) is 66.0 Å². The number of nitrogens with one attached hydrogen (secondary N) is 2. The van der Waals surface area contributed by atoms with Crippen LogP contribution >= 0.6 is 0 Å². The van der Waals surface area contributed by atoms with E-state index in [0.29, 0.717) is 6.04 Å². The lowest BCUT2D eigenvalue weighted by atomic mass is 9.84. The minimum absolute atomic E-state index is 0.263. The second-order valence-electron chi connectivity index (χ2n) is 10.8. The molecule has 0 aromatic heterocycles. The molecule has 1 atom stereocenters. The van der Waals surface area contributed by atoms with Gasteiger partial charge >= 0.3 is 0 Å². The molecule has 3 heterocycles. The van der Waals surface area contributed by atoms with Crippen molar-refractivity contribution in [3.63, 3.8) is 0 Å². The molecule has 0 aromatic carbocycles. The largest absolute Gasteiger partial charge is 0.357 e. The highest BCUT2D eigenvalue weighted by atomic mass is 15.3. The summed E-state index contributed by atoms with van der Waals surface area (Å²) >= 11 is 0. The van der Waals surface area contributed by atoms with E-state index in [1.54, 1.807) is 0 Å². The SMILES string of the molecule is CCNC(=NCC1(N2CCCCC2)CCN(C)CC1)NC1CCN(CC2CCCC2)C1. The maximum Gasteiger partial charge on any atom is 0.191 e. The van der Waals surface area contributed by atoms with Crippen LogP contribution in [-0.2, 0) is 0 Å². The summed E-state index contributed by atoms with van der Waals surface area (Å²) < 4.78 is 0. The molecule has 1 saturated carbocycles. The minimum atomic E-state index is 0.263. The van der Waals surface area contributed by atoms with Gasteiger partial charge in [-0.1, -0.05) is 19.3 Å². The molecule has 0 aromatic rings. The van der Waals surface area contributed by atoms with Crippen LogP contribution in [0.15, 0.2) is 4.99 Å². The number of guanidine groups is 1. The standard InChI is InChI=1S/C25H48N6/c1-3-26-24(28-23-11-16-30(20-23)19-22-9-5-6-10-22)27-21-25(12-17-29(2)18-13-25)31-14-7-4-8-15-31/h22-23H,3-21H2,1-2H3,(H2,26,27,28). The molecule has 1 aliphatic carbocycles. The van der Waals surface area contributed by atoms with Gasteiger partial charge in [-0.3, -0.25) is 9.89 Å². The van der Waals surface area contributed by atoms with E-state index in [1.165, 1.54) is 110 Å². The van der Waals surface area contributed by atoms with Gasteiger partial charge in [0.1, 0.15) is 0 Å². The van der Waals surface area contributed by atoms with Gasteiger partial charge in [-0.25, -0.2) is 0 Å². The van der Waals surface area contributed by atoms with Crippen molar-refractivity contribution in [1.82, 2.24) is 25.3 Å². The topological polar surface area (TPSA) is 46.1 Å². The first-order valence-electron chi connectivity index (χ1n) is 13.4. The highest BCUT2D eigenvalue weighted by molar-refractivity contribution is 5.80. The Kier molecular flexibility index (Phi) is 8.52. The summed E-state index contributed by atoms with van der Waals surface area (Å²) in [5.41, 5.74) is 0.263. The van der Waals surface area contributed by atoms with Crippen molar-refractivity contribution < 1.29 is 0 Å². The van der Waals surface area contributed by atoms with Gasteiger partial charge in [-0.15, -0.1) is 0 Å². The first kappa shape index (κ1) is 23.3. The Hall–Kier alpha value is -0.850. The maximum absolute atomic E-state index is 5.22. The number of nitrogens with zero attached hydrogens (tertiary/aromatic N) is 4. The summed E-state index contributed by atoms with van der Waals surface area (Å²) in [6.07, 6.45) is 13.7. The van der Waals surface area contributed by atoms with Gasteiger partial charge in [0.2, 0.25) is 0 Å². The average Bonchev–Trinajstić information content (AvgIpc) is 3.47. The van der Waals surface area contributed by atoms with Crippen LogP contribution in [0.25, 0.3) is 0 Å². The van der Waals surface area contributed by atoms with Crippen LogP contribution in [0.3, 0.4) is 0 Å². The first-order chi connectivity index (χ1) is 15.2. The quantitative estimate of drug-likeness (QED) is 0.478. The Balaban J connectivity index is 1.35. The monoisotopic (exact) mass is 432 g/mol. The van der Waals surface area contributed by atoms with Crippen LogP contribution in [0, 0.1) is 5.92 Å². The highest BCUT2D eigenvalue weighted by Crippen LogP contribution is 2.32. The predicted molar refractivity (Wildman–Crippen MR) is 131 cm³/mol. The third-order valence-corrected chi connectivity index (χ3v) is 8.42. The van der Waals surface area contributed by atoms with Gasteiger partial charge in [-0.05, 0) is 91.0 Å². The van der Waals surface area contributed by atoms with Crippen molar-refractivity contribution in [2.24, 2.45) is 10.9 Å². The normalized spacial score (nSPS) is 29.5. The molecule has 31 heavy (non-hydrogen) atoms. The maximum atomic E-state index is 5.22. The fraction of sp³-hybridized carbons (Fsp3) is 0.960. The van der Waals surface area contributed by atoms with Gasteiger partial charge in [0, 0.05) is 37.8 Å². The molecule has 3 aliphatic heterocycles. The number of hydrogen-bond acceptors (Lipinski definition) is 4. The van der Waals surface area contributed by atoms with Crippen molar-refractivity contribution in [3.05, 3.63) is 0 Å². The van der Waals surface area contributed by atoms with Gasteiger partial charge in [0.15, 0.2) is 5.96 Å². The van der Waals surface area contributed by atoms with E-state index < -0.39 is 0 Å². The third kappa shape index (κ3) is 6.35. The lowest BCUT2D eigenvalue weighted by Crippen LogP contribution is -2.58. The zero-order chi connectivity index (χ0) is 21.5. The van der Waals surface area contributed by atoms with Crippen LogP contribution < -0.4 is 10.6 Å². The molecule has 3 saturated heterocycles. The van der Waals surface area contributed by atoms with Crippen LogP contribution in [-0.4, -0.2) is 98.2 Å². The predicted octanol–water partition coefficient (Wildman–Crippen LogP) is 2.76. The third-order valence-electron chi connectivity index (χ3n) is 8.42. The summed E-state index contributed by atoms with van der Waals surface area (Å²) in [5, 5.41) is 7.37. The Morgan fingerprint density at radius 1 is 0.935 bits per heavy atom. The molecule has 2 N–H and O–H groups in total. The Labute approximate surface area is 191 Å². The first-order valence-corrected chi connectivity index (χ1v) is 13.4. The van der Waals surface area contributed by atoms with E-state index in [0.717, 1.165) is 25.0 Å². The Morgan fingerprint density at radius 3 is 2.39 bits per heavy atom. The molecule has 4 rings (SSSR count). The summed E-state index contributed by atoms with van der Waals surface area (Å²) in [6, 6.07) is 0.544. The number of likely N-dealkylation sites (tertiary alicyclic amines) is 3. The summed E-state index contributed by atoms with van der Waals surface area (Å²) in [7, 11) is 2.27. The van der Waals surface area contributed by atoms with Crippen molar-refractivity contribution in [3.8, 4) is 0 Å². The van der Waals surface area contributed by atoms with E-state index in [-0.39, 0.29) is 5.54 Å².